The van der Waals surface area contributed by atoms with Crippen molar-refractivity contribution in [2.75, 3.05) is 13.7 Å². The fourth-order valence-corrected chi connectivity index (χ4v) is 0.660. The Morgan fingerprint density at radius 3 is 2.31 bits per heavy atom. The summed E-state index contributed by atoms with van der Waals surface area (Å²) in [6, 6.07) is -0.958. The van der Waals surface area contributed by atoms with Crippen molar-refractivity contribution in [1.29, 1.82) is 0 Å². The van der Waals surface area contributed by atoms with Crippen LogP contribution in [0.2, 0.25) is 0 Å². The topological polar surface area (TPSA) is 75.6 Å². The van der Waals surface area contributed by atoms with Crippen LogP contribution in [0, 0.1) is 5.92 Å². The maximum absolute atomic E-state index is 11.1. The Morgan fingerprint density at radius 1 is 1.46 bits per heavy atom. The van der Waals surface area contributed by atoms with E-state index in [9.17, 15) is 9.59 Å². The van der Waals surface area contributed by atoms with Crippen LogP contribution >= 0.6 is 0 Å². The number of aliphatic hydroxyl groups excluding tert-OH is 1. The number of rotatable bonds is 4. The van der Waals surface area contributed by atoms with E-state index in [1.807, 2.05) is 0 Å². The third-order valence-electron chi connectivity index (χ3n) is 1.51. The third-order valence-corrected chi connectivity index (χ3v) is 1.51. The van der Waals surface area contributed by atoms with Crippen LogP contribution in [0.1, 0.15) is 13.8 Å². The van der Waals surface area contributed by atoms with Gasteiger partial charge in [-0.2, -0.15) is 0 Å². The van der Waals surface area contributed by atoms with Gasteiger partial charge in [-0.05, 0) is 0 Å². The summed E-state index contributed by atoms with van der Waals surface area (Å²) in [6.07, 6.45) is 0. The van der Waals surface area contributed by atoms with Crippen molar-refractivity contribution in [3.05, 3.63) is 0 Å². The molecule has 2 N–H and O–H groups in total. The number of carbonyl (C=O) groups excluding carboxylic acids is 2. The molecule has 0 heterocycles. The normalized spacial score (nSPS) is 12.4. The van der Waals surface area contributed by atoms with Crippen LogP contribution < -0.4 is 5.32 Å². The number of hydrogen-bond donors (Lipinski definition) is 2. The van der Waals surface area contributed by atoms with Gasteiger partial charge < -0.3 is 15.2 Å². The molecule has 13 heavy (non-hydrogen) atoms. The molecule has 0 saturated carbocycles. The average molecular weight is 189 g/mol. The number of methoxy groups -OCH3 is 1. The highest BCUT2D eigenvalue weighted by atomic mass is 16.5. The van der Waals surface area contributed by atoms with Crippen molar-refractivity contribution in [3.63, 3.8) is 0 Å². The fourth-order valence-electron chi connectivity index (χ4n) is 0.660. The monoisotopic (exact) mass is 189 g/mol. The molecule has 0 spiro atoms. The van der Waals surface area contributed by atoms with Crippen molar-refractivity contribution in [2.24, 2.45) is 5.92 Å². The predicted molar refractivity (Wildman–Crippen MR) is 45.9 cm³/mol. The molecule has 0 aliphatic rings. The van der Waals surface area contributed by atoms with E-state index in [4.69, 9.17) is 5.11 Å². The molecule has 0 rings (SSSR count). The molecule has 0 radical (unpaired) electrons. The number of hydrogen-bond acceptors (Lipinski definition) is 4. The molecular weight excluding hydrogens is 174 g/mol. The van der Waals surface area contributed by atoms with E-state index in [1.54, 1.807) is 13.8 Å². The van der Waals surface area contributed by atoms with Crippen LogP contribution in [-0.4, -0.2) is 36.7 Å². The van der Waals surface area contributed by atoms with Crippen molar-refractivity contribution in [2.45, 2.75) is 19.9 Å². The third kappa shape index (κ3) is 3.89. The number of nitrogens with one attached hydrogen (secondary N) is 1. The zero-order valence-corrected chi connectivity index (χ0v) is 8.03. The first-order chi connectivity index (χ1) is 6.02. The molecule has 0 aromatic heterocycles. The lowest BCUT2D eigenvalue weighted by Crippen LogP contribution is -2.45. The summed E-state index contributed by atoms with van der Waals surface area (Å²) >= 11 is 0. The van der Waals surface area contributed by atoms with Gasteiger partial charge in [-0.1, -0.05) is 13.8 Å². The summed E-state index contributed by atoms with van der Waals surface area (Å²) in [5.41, 5.74) is 0. The van der Waals surface area contributed by atoms with E-state index in [2.05, 4.69) is 10.1 Å². The smallest absolute Gasteiger partial charge is 0.330 e. The van der Waals surface area contributed by atoms with E-state index in [-0.39, 0.29) is 11.8 Å². The second-order valence-electron chi connectivity index (χ2n) is 2.92. The molecular formula is C8H15NO4. The molecule has 1 amide bonds. The summed E-state index contributed by atoms with van der Waals surface area (Å²) in [6.45, 7) is 2.94. The predicted octanol–water partition coefficient (Wildman–Crippen LogP) is -0.708. The highest BCUT2D eigenvalue weighted by Crippen LogP contribution is 1.94. The van der Waals surface area contributed by atoms with Crippen LogP contribution in [0.3, 0.4) is 0 Å². The number of carbonyl (C=O) groups is 2. The van der Waals surface area contributed by atoms with E-state index in [0.717, 1.165) is 0 Å². The van der Waals surface area contributed by atoms with Crippen LogP contribution in [-0.2, 0) is 14.3 Å². The quantitative estimate of drug-likeness (QED) is 0.573. The van der Waals surface area contributed by atoms with Crippen LogP contribution in [0.4, 0.5) is 0 Å². The number of amides is 1. The molecule has 0 aliphatic heterocycles. The minimum Gasteiger partial charge on any atom is -0.467 e. The minimum absolute atomic E-state index is 0.223. The molecule has 76 valence electrons. The van der Waals surface area contributed by atoms with Gasteiger partial charge in [0.15, 0.2) is 6.04 Å². The molecule has 0 bridgehead atoms. The van der Waals surface area contributed by atoms with Crippen LogP contribution in [0.25, 0.3) is 0 Å². The SMILES string of the molecule is COC(=O)C(CO)NC(=O)C(C)C. The van der Waals surface area contributed by atoms with E-state index < -0.39 is 18.6 Å². The Bertz CT molecular complexity index is 191. The molecule has 1 atom stereocenters. The number of esters is 1. The lowest BCUT2D eigenvalue weighted by atomic mass is 10.2. The van der Waals surface area contributed by atoms with Crippen LogP contribution in [0.15, 0.2) is 0 Å². The zero-order valence-electron chi connectivity index (χ0n) is 8.03. The van der Waals surface area contributed by atoms with Crippen molar-refractivity contribution in [3.8, 4) is 0 Å². The van der Waals surface area contributed by atoms with Gasteiger partial charge in [0.05, 0.1) is 13.7 Å². The van der Waals surface area contributed by atoms with Gasteiger partial charge in [-0.15, -0.1) is 0 Å². The zero-order chi connectivity index (χ0) is 10.4. The molecule has 1 unspecified atom stereocenters. The van der Waals surface area contributed by atoms with Crippen molar-refractivity contribution < 1.29 is 19.4 Å². The highest BCUT2D eigenvalue weighted by molar-refractivity contribution is 5.85. The fraction of sp³-hybridized carbons (Fsp3) is 0.750. The van der Waals surface area contributed by atoms with E-state index >= 15 is 0 Å². The number of aliphatic hydroxyl groups is 1. The molecule has 0 saturated heterocycles. The van der Waals surface area contributed by atoms with Gasteiger partial charge in [0.1, 0.15) is 0 Å². The Balaban J connectivity index is 4.13. The molecule has 0 aromatic rings. The summed E-state index contributed by atoms with van der Waals surface area (Å²) in [5.74, 6) is -1.15. The minimum atomic E-state index is -0.958. The van der Waals surface area contributed by atoms with Gasteiger partial charge in [-0.25, -0.2) is 4.79 Å². The standard InChI is InChI=1S/C8H15NO4/c1-5(2)7(11)9-6(4-10)8(12)13-3/h5-6,10H,4H2,1-3H3,(H,9,11). The Labute approximate surface area is 77.1 Å². The summed E-state index contributed by atoms with van der Waals surface area (Å²) < 4.78 is 4.37. The maximum atomic E-state index is 11.1. The van der Waals surface area contributed by atoms with Gasteiger partial charge in [0.2, 0.25) is 5.91 Å². The Morgan fingerprint density at radius 2 is 2.00 bits per heavy atom. The van der Waals surface area contributed by atoms with Crippen LogP contribution in [0.5, 0.6) is 0 Å². The summed E-state index contributed by atoms with van der Waals surface area (Å²) in [7, 11) is 1.20. The second kappa shape index (κ2) is 5.53. The van der Waals surface area contributed by atoms with Gasteiger partial charge >= 0.3 is 5.97 Å². The van der Waals surface area contributed by atoms with Crippen molar-refractivity contribution >= 4 is 11.9 Å². The highest BCUT2D eigenvalue weighted by Gasteiger charge is 2.21. The molecule has 0 aliphatic carbocycles. The molecule has 5 nitrogen and oxygen atoms in total. The van der Waals surface area contributed by atoms with Gasteiger partial charge in [-0.3, -0.25) is 4.79 Å². The summed E-state index contributed by atoms with van der Waals surface area (Å²) in [5, 5.41) is 11.1. The largest absolute Gasteiger partial charge is 0.467 e. The first-order valence-corrected chi connectivity index (χ1v) is 4.02. The van der Waals surface area contributed by atoms with Gasteiger partial charge in [0, 0.05) is 5.92 Å². The summed E-state index contributed by atoms with van der Waals surface area (Å²) in [4.78, 5) is 22.0. The Kier molecular flexibility index (Phi) is 5.06. The second-order valence-corrected chi connectivity index (χ2v) is 2.92. The lowest BCUT2D eigenvalue weighted by molar-refractivity contribution is -0.146. The molecule has 5 heteroatoms. The average Bonchev–Trinajstić information content (AvgIpc) is 2.12. The number of ether oxygens (including phenoxy) is 1. The Hall–Kier alpha value is -1.10. The first-order valence-electron chi connectivity index (χ1n) is 4.02. The van der Waals surface area contributed by atoms with Crippen molar-refractivity contribution in [1.82, 2.24) is 5.32 Å². The molecule has 0 fully saturated rings. The van der Waals surface area contributed by atoms with E-state index in [0.29, 0.717) is 0 Å². The molecule has 0 aromatic carbocycles. The van der Waals surface area contributed by atoms with E-state index in [1.165, 1.54) is 7.11 Å². The van der Waals surface area contributed by atoms with Gasteiger partial charge in [0.25, 0.3) is 0 Å². The maximum Gasteiger partial charge on any atom is 0.330 e. The lowest BCUT2D eigenvalue weighted by Gasteiger charge is -2.14. The first kappa shape index (κ1) is 11.9.